The Labute approximate surface area is 105 Å². The molecule has 7 nitrogen and oxygen atoms in total. The zero-order valence-corrected chi connectivity index (χ0v) is 10.7. The standard InChI is InChI=1S/C10H15N3O4S/c1-18(16,17)12-6-5-11-7-8-3-2-4-9(13-8)10(14)15/h2-4,11-12H,5-7H2,1H3,(H,14,15). The molecule has 0 aliphatic rings. The van der Waals surface area contributed by atoms with Crippen molar-refractivity contribution in [2.75, 3.05) is 19.3 Å². The molecular weight excluding hydrogens is 258 g/mol. The Kier molecular flexibility index (Phi) is 5.20. The molecule has 0 aliphatic carbocycles. The van der Waals surface area contributed by atoms with Gasteiger partial charge >= 0.3 is 5.97 Å². The lowest BCUT2D eigenvalue weighted by Gasteiger charge is -2.05. The number of hydrogen-bond donors (Lipinski definition) is 3. The number of rotatable bonds is 7. The fourth-order valence-corrected chi connectivity index (χ4v) is 1.71. The number of carbonyl (C=O) groups is 1. The van der Waals surface area contributed by atoms with Crippen molar-refractivity contribution in [2.45, 2.75) is 6.54 Å². The highest BCUT2D eigenvalue weighted by molar-refractivity contribution is 7.88. The molecule has 0 saturated carbocycles. The van der Waals surface area contributed by atoms with E-state index in [1.165, 1.54) is 6.07 Å². The van der Waals surface area contributed by atoms with Gasteiger partial charge in [0.15, 0.2) is 0 Å². The highest BCUT2D eigenvalue weighted by Gasteiger charge is 2.04. The van der Waals surface area contributed by atoms with E-state index in [2.05, 4.69) is 15.0 Å². The molecule has 0 saturated heterocycles. The summed E-state index contributed by atoms with van der Waals surface area (Å²) in [6.07, 6.45) is 1.09. The number of aromatic carboxylic acids is 1. The third-order valence-electron chi connectivity index (χ3n) is 2.00. The Morgan fingerprint density at radius 2 is 2.11 bits per heavy atom. The number of nitrogens with zero attached hydrogens (tertiary/aromatic N) is 1. The van der Waals surface area contributed by atoms with Crippen molar-refractivity contribution in [1.29, 1.82) is 0 Å². The van der Waals surface area contributed by atoms with Crippen LogP contribution in [0.2, 0.25) is 0 Å². The molecule has 0 unspecified atom stereocenters. The van der Waals surface area contributed by atoms with Crippen molar-refractivity contribution in [3.63, 3.8) is 0 Å². The predicted octanol–water partition coefficient (Wildman–Crippen LogP) is -0.581. The molecule has 1 heterocycles. The maximum Gasteiger partial charge on any atom is 0.354 e. The fraction of sp³-hybridized carbons (Fsp3) is 0.400. The first kappa shape index (κ1) is 14.6. The third-order valence-corrected chi connectivity index (χ3v) is 2.73. The van der Waals surface area contributed by atoms with Crippen LogP contribution >= 0.6 is 0 Å². The van der Waals surface area contributed by atoms with Gasteiger partial charge in [0.2, 0.25) is 10.0 Å². The lowest BCUT2D eigenvalue weighted by Crippen LogP contribution is -2.31. The third kappa shape index (κ3) is 5.71. The number of carboxylic acids is 1. The first-order valence-corrected chi connectivity index (χ1v) is 7.12. The number of carboxylic acid groups (broad SMARTS) is 1. The van der Waals surface area contributed by atoms with Crippen molar-refractivity contribution in [3.05, 3.63) is 29.6 Å². The monoisotopic (exact) mass is 273 g/mol. The molecule has 0 aliphatic heterocycles. The van der Waals surface area contributed by atoms with Crippen LogP contribution < -0.4 is 10.0 Å². The SMILES string of the molecule is CS(=O)(=O)NCCNCc1cccc(C(=O)O)n1. The second kappa shape index (κ2) is 6.43. The lowest BCUT2D eigenvalue weighted by molar-refractivity contribution is 0.0690. The molecule has 3 N–H and O–H groups in total. The van der Waals surface area contributed by atoms with Gasteiger partial charge in [-0.1, -0.05) is 6.07 Å². The predicted molar refractivity (Wildman–Crippen MR) is 65.7 cm³/mol. The van der Waals surface area contributed by atoms with Gasteiger partial charge in [-0.2, -0.15) is 0 Å². The summed E-state index contributed by atoms with van der Waals surface area (Å²) in [5.74, 6) is -1.07. The fourth-order valence-electron chi connectivity index (χ4n) is 1.24. The average molecular weight is 273 g/mol. The number of hydrogen-bond acceptors (Lipinski definition) is 5. The molecule has 0 bridgehead atoms. The number of aromatic nitrogens is 1. The molecule has 0 fully saturated rings. The molecule has 8 heteroatoms. The molecule has 18 heavy (non-hydrogen) atoms. The summed E-state index contributed by atoms with van der Waals surface area (Å²) in [6, 6.07) is 4.72. The zero-order chi connectivity index (χ0) is 13.6. The summed E-state index contributed by atoms with van der Waals surface area (Å²) in [4.78, 5) is 14.6. The Hall–Kier alpha value is -1.51. The molecule has 1 aromatic heterocycles. The van der Waals surface area contributed by atoms with E-state index in [9.17, 15) is 13.2 Å². The minimum Gasteiger partial charge on any atom is -0.477 e. The van der Waals surface area contributed by atoms with Crippen molar-refractivity contribution >= 4 is 16.0 Å². The van der Waals surface area contributed by atoms with Crippen LogP contribution in [0.1, 0.15) is 16.2 Å². The topological polar surface area (TPSA) is 108 Å². The van der Waals surface area contributed by atoms with E-state index < -0.39 is 16.0 Å². The van der Waals surface area contributed by atoms with Crippen LogP contribution in [-0.2, 0) is 16.6 Å². The summed E-state index contributed by atoms with van der Waals surface area (Å²) in [5.41, 5.74) is 0.581. The van der Waals surface area contributed by atoms with Crippen LogP contribution in [-0.4, -0.2) is 43.8 Å². The van der Waals surface area contributed by atoms with E-state index >= 15 is 0 Å². The highest BCUT2D eigenvalue weighted by Crippen LogP contribution is 1.99. The van der Waals surface area contributed by atoms with Gasteiger partial charge in [-0.3, -0.25) is 0 Å². The summed E-state index contributed by atoms with van der Waals surface area (Å²) in [6.45, 7) is 1.09. The lowest BCUT2D eigenvalue weighted by atomic mass is 10.3. The van der Waals surface area contributed by atoms with Gasteiger partial charge in [0.05, 0.1) is 11.9 Å². The Bertz CT molecular complexity index is 516. The van der Waals surface area contributed by atoms with Crippen LogP contribution in [0.25, 0.3) is 0 Å². The Balaban J connectivity index is 2.36. The maximum atomic E-state index is 10.8. The van der Waals surface area contributed by atoms with Crippen molar-refractivity contribution in [1.82, 2.24) is 15.0 Å². The van der Waals surface area contributed by atoms with Crippen LogP contribution in [0.15, 0.2) is 18.2 Å². The van der Waals surface area contributed by atoms with Gasteiger partial charge < -0.3 is 10.4 Å². The van der Waals surface area contributed by atoms with Gasteiger partial charge in [-0.15, -0.1) is 0 Å². The average Bonchev–Trinajstić information content (AvgIpc) is 2.27. The maximum absolute atomic E-state index is 10.8. The van der Waals surface area contributed by atoms with E-state index in [1.807, 2.05) is 0 Å². The van der Waals surface area contributed by atoms with Gasteiger partial charge in [-0.05, 0) is 12.1 Å². The number of pyridine rings is 1. The van der Waals surface area contributed by atoms with Crippen LogP contribution in [0, 0.1) is 0 Å². The summed E-state index contributed by atoms with van der Waals surface area (Å²) >= 11 is 0. The number of sulfonamides is 1. The molecule has 0 spiro atoms. The molecular formula is C10H15N3O4S. The van der Waals surface area contributed by atoms with E-state index in [0.717, 1.165) is 6.26 Å². The minimum absolute atomic E-state index is 0.0106. The van der Waals surface area contributed by atoms with E-state index in [4.69, 9.17) is 5.11 Å². The summed E-state index contributed by atoms with van der Waals surface area (Å²) in [7, 11) is -3.17. The Morgan fingerprint density at radius 1 is 1.39 bits per heavy atom. The highest BCUT2D eigenvalue weighted by atomic mass is 32.2. The molecule has 0 amide bonds. The van der Waals surface area contributed by atoms with E-state index in [1.54, 1.807) is 12.1 Å². The van der Waals surface area contributed by atoms with Gasteiger partial charge in [-0.25, -0.2) is 22.9 Å². The summed E-state index contributed by atoms with van der Waals surface area (Å²) < 4.78 is 23.9. The van der Waals surface area contributed by atoms with Gasteiger partial charge in [0.1, 0.15) is 5.69 Å². The second-order valence-electron chi connectivity index (χ2n) is 3.66. The largest absolute Gasteiger partial charge is 0.477 e. The second-order valence-corrected chi connectivity index (χ2v) is 5.50. The van der Waals surface area contributed by atoms with Crippen LogP contribution in [0.4, 0.5) is 0 Å². The summed E-state index contributed by atoms with van der Waals surface area (Å²) in [5, 5.41) is 11.7. The van der Waals surface area contributed by atoms with E-state index in [-0.39, 0.29) is 12.2 Å². The molecule has 1 aromatic rings. The normalized spacial score (nSPS) is 11.4. The quantitative estimate of drug-likeness (QED) is 0.573. The zero-order valence-electron chi connectivity index (χ0n) is 9.88. The molecule has 100 valence electrons. The molecule has 0 radical (unpaired) electrons. The van der Waals surface area contributed by atoms with Crippen molar-refractivity contribution < 1.29 is 18.3 Å². The van der Waals surface area contributed by atoms with Crippen molar-refractivity contribution in [2.24, 2.45) is 0 Å². The van der Waals surface area contributed by atoms with Gasteiger partial charge in [0, 0.05) is 19.6 Å². The van der Waals surface area contributed by atoms with Gasteiger partial charge in [0.25, 0.3) is 0 Å². The molecule has 1 rings (SSSR count). The Morgan fingerprint density at radius 3 is 2.72 bits per heavy atom. The first-order chi connectivity index (χ1) is 8.38. The minimum atomic E-state index is -3.17. The first-order valence-electron chi connectivity index (χ1n) is 5.23. The van der Waals surface area contributed by atoms with Crippen LogP contribution in [0.5, 0.6) is 0 Å². The van der Waals surface area contributed by atoms with Crippen LogP contribution in [0.3, 0.4) is 0 Å². The molecule has 0 atom stereocenters. The van der Waals surface area contributed by atoms with E-state index in [0.29, 0.717) is 18.8 Å². The smallest absolute Gasteiger partial charge is 0.354 e. The van der Waals surface area contributed by atoms with Crippen molar-refractivity contribution in [3.8, 4) is 0 Å². The number of nitrogens with one attached hydrogen (secondary N) is 2. The molecule has 0 aromatic carbocycles.